The Labute approximate surface area is 108 Å². The average molecular weight is 250 g/mol. The summed E-state index contributed by atoms with van der Waals surface area (Å²) in [7, 11) is 0. The van der Waals surface area contributed by atoms with Crippen LogP contribution in [0.1, 0.15) is 46.5 Å². The molecule has 0 aromatic carbocycles. The molecular formula is C15H22O3. The van der Waals surface area contributed by atoms with Crippen molar-refractivity contribution in [3.8, 4) is 0 Å². The molecule has 1 saturated heterocycles. The zero-order valence-corrected chi connectivity index (χ0v) is 11.4. The number of aliphatic hydroxyl groups is 1. The highest BCUT2D eigenvalue weighted by atomic mass is 16.6. The second-order valence-corrected chi connectivity index (χ2v) is 6.58. The third-order valence-electron chi connectivity index (χ3n) is 5.39. The average Bonchev–Trinajstić information content (AvgIpc) is 2.65. The standard InChI is InChI=1S/C15H22O3/c1-8-6-13-11(9(2)14(16)18-13)7-12-10(8)4-5-15(12,3)17/h9,11-13,17H,4-7H2,1-3H3/t9-,11-,12-,13-,15-/m1/s1. The molecule has 0 bridgehead atoms. The molecule has 0 aromatic rings. The van der Waals surface area contributed by atoms with Gasteiger partial charge in [0.05, 0.1) is 11.5 Å². The van der Waals surface area contributed by atoms with Crippen molar-refractivity contribution in [1.82, 2.24) is 0 Å². The normalized spacial score (nSPS) is 47.7. The molecule has 5 atom stereocenters. The second-order valence-electron chi connectivity index (χ2n) is 6.58. The molecule has 2 fully saturated rings. The minimum absolute atomic E-state index is 0.0152. The first-order valence-corrected chi connectivity index (χ1v) is 7.01. The molecule has 18 heavy (non-hydrogen) atoms. The third kappa shape index (κ3) is 1.63. The van der Waals surface area contributed by atoms with Gasteiger partial charge >= 0.3 is 5.97 Å². The van der Waals surface area contributed by atoms with Crippen LogP contribution in [-0.4, -0.2) is 22.8 Å². The lowest BCUT2D eigenvalue weighted by molar-refractivity contribution is -0.143. The first kappa shape index (κ1) is 12.2. The van der Waals surface area contributed by atoms with Crippen LogP contribution in [0.3, 0.4) is 0 Å². The summed E-state index contributed by atoms with van der Waals surface area (Å²) in [5, 5.41) is 10.5. The van der Waals surface area contributed by atoms with Gasteiger partial charge in [0, 0.05) is 18.3 Å². The minimum Gasteiger partial charge on any atom is -0.461 e. The molecule has 3 nitrogen and oxygen atoms in total. The van der Waals surface area contributed by atoms with E-state index in [1.807, 2.05) is 13.8 Å². The molecular weight excluding hydrogens is 228 g/mol. The highest BCUT2D eigenvalue weighted by molar-refractivity contribution is 5.75. The molecule has 2 aliphatic carbocycles. The van der Waals surface area contributed by atoms with Crippen LogP contribution in [0.4, 0.5) is 0 Å². The van der Waals surface area contributed by atoms with Crippen molar-refractivity contribution in [2.45, 2.75) is 58.2 Å². The summed E-state index contributed by atoms with van der Waals surface area (Å²) >= 11 is 0. The minimum atomic E-state index is -0.600. The molecule has 0 radical (unpaired) electrons. The van der Waals surface area contributed by atoms with Crippen LogP contribution < -0.4 is 0 Å². The van der Waals surface area contributed by atoms with Gasteiger partial charge in [0.1, 0.15) is 6.10 Å². The summed E-state index contributed by atoms with van der Waals surface area (Å²) in [6.45, 7) is 6.06. The topological polar surface area (TPSA) is 46.5 Å². The van der Waals surface area contributed by atoms with Crippen LogP contribution in [0.15, 0.2) is 11.1 Å². The number of ether oxygens (including phenoxy) is 1. The molecule has 0 unspecified atom stereocenters. The van der Waals surface area contributed by atoms with E-state index < -0.39 is 5.60 Å². The van der Waals surface area contributed by atoms with Crippen molar-refractivity contribution in [1.29, 1.82) is 0 Å². The lowest BCUT2D eigenvalue weighted by Gasteiger charge is -2.29. The second kappa shape index (κ2) is 3.83. The summed E-state index contributed by atoms with van der Waals surface area (Å²) < 4.78 is 5.51. The lowest BCUT2D eigenvalue weighted by Crippen LogP contribution is -2.32. The van der Waals surface area contributed by atoms with E-state index >= 15 is 0 Å². The van der Waals surface area contributed by atoms with E-state index in [4.69, 9.17) is 4.74 Å². The van der Waals surface area contributed by atoms with Crippen LogP contribution in [0.25, 0.3) is 0 Å². The molecule has 0 spiro atoms. The SMILES string of the molecule is CC1=C2CC[C@@](C)(O)[C@@H]2C[C@H]2[C@@H](C1)OC(=O)[C@@H]2C. The molecule has 3 aliphatic rings. The van der Waals surface area contributed by atoms with Crippen LogP contribution in [0.5, 0.6) is 0 Å². The summed E-state index contributed by atoms with van der Waals surface area (Å²) in [4.78, 5) is 11.7. The van der Waals surface area contributed by atoms with E-state index in [0.717, 1.165) is 25.7 Å². The number of hydrogen-bond acceptors (Lipinski definition) is 3. The van der Waals surface area contributed by atoms with Gasteiger partial charge in [0.2, 0.25) is 0 Å². The summed E-state index contributed by atoms with van der Waals surface area (Å²) in [5.74, 6) is 0.432. The Morgan fingerprint density at radius 2 is 2.17 bits per heavy atom. The molecule has 100 valence electrons. The van der Waals surface area contributed by atoms with Gasteiger partial charge in [0.15, 0.2) is 0 Å². The predicted molar refractivity (Wildman–Crippen MR) is 67.8 cm³/mol. The van der Waals surface area contributed by atoms with Crippen molar-refractivity contribution < 1.29 is 14.6 Å². The molecule has 3 heteroatoms. The van der Waals surface area contributed by atoms with Crippen LogP contribution in [0.2, 0.25) is 0 Å². The summed E-state index contributed by atoms with van der Waals surface area (Å²) in [6, 6.07) is 0. The predicted octanol–water partition coefficient (Wildman–Crippen LogP) is 2.44. The number of carbonyl (C=O) groups excluding carboxylic acids is 1. The fraction of sp³-hybridized carbons (Fsp3) is 0.800. The van der Waals surface area contributed by atoms with Crippen molar-refractivity contribution in [3.63, 3.8) is 0 Å². The Hall–Kier alpha value is -0.830. The van der Waals surface area contributed by atoms with E-state index in [1.165, 1.54) is 11.1 Å². The fourth-order valence-electron chi connectivity index (χ4n) is 4.11. The largest absolute Gasteiger partial charge is 0.461 e. The number of carbonyl (C=O) groups is 1. The van der Waals surface area contributed by atoms with Crippen LogP contribution in [0, 0.1) is 17.8 Å². The highest BCUT2D eigenvalue weighted by Gasteiger charge is 2.50. The first-order chi connectivity index (χ1) is 8.40. The fourth-order valence-corrected chi connectivity index (χ4v) is 4.11. The Balaban J connectivity index is 1.96. The van der Waals surface area contributed by atoms with E-state index in [0.29, 0.717) is 0 Å². The molecule has 0 amide bonds. The Morgan fingerprint density at radius 3 is 2.89 bits per heavy atom. The summed E-state index contributed by atoms with van der Waals surface area (Å²) in [5.41, 5.74) is 2.17. The van der Waals surface area contributed by atoms with Gasteiger partial charge < -0.3 is 9.84 Å². The van der Waals surface area contributed by atoms with Crippen molar-refractivity contribution >= 4 is 5.97 Å². The van der Waals surface area contributed by atoms with Gasteiger partial charge in [-0.1, -0.05) is 18.1 Å². The molecule has 1 heterocycles. The van der Waals surface area contributed by atoms with Crippen molar-refractivity contribution in [2.75, 3.05) is 0 Å². The Morgan fingerprint density at radius 1 is 1.44 bits per heavy atom. The number of esters is 1. The maximum Gasteiger partial charge on any atom is 0.309 e. The van der Waals surface area contributed by atoms with Gasteiger partial charge in [-0.2, -0.15) is 0 Å². The van der Waals surface area contributed by atoms with Crippen molar-refractivity contribution in [2.24, 2.45) is 17.8 Å². The van der Waals surface area contributed by atoms with Crippen LogP contribution in [-0.2, 0) is 9.53 Å². The Kier molecular flexibility index (Phi) is 2.60. The van der Waals surface area contributed by atoms with E-state index in [9.17, 15) is 9.90 Å². The zero-order chi connectivity index (χ0) is 13.1. The smallest absolute Gasteiger partial charge is 0.309 e. The van der Waals surface area contributed by atoms with Gasteiger partial charge in [-0.3, -0.25) is 4.79 Å². The molecule has 1 aliphatic heterocycles. The number of rotatable bonds is 0. The molecule has 1 N–H and O–H groups in total. The maximum absolute atomic E-state index is 11.7. The van der Waals surface area contributed by atoms with Gasteiger partial charge in [-0.25, -0.2) is 0 Å². The molecule has 1 saturated carbocycles. The van der Waals surface area contributed by atoms with E-state index in [1.54, 1.807) is 0 Å². The van der Waals surface area contributed by atoms with E-state index in [-0.39, 0.29) is 29.8 Å². The van der Waals surface area contributed by atoms with Crippen molar-refractivity contribution in [3.05, 3.63) is 11.1 Å². The number of fused-ring (bicyclic) bond motifs is 2. The van der Waals surface area contributed by atoms with Gasteiger partial charge in [-0.15, -0.1) is 0 Å². The Bertz CT molecular complexity index is 421. The maximum atomic E-state index is 11.7. The van der Waals surface area contributed by atoms with Gasteiger partial charge in [0.25, 0.3) is 0 Å². The number of hydrogen-bond donors (Lipinski definition) is 1. The monoisotopic (exact) mass is 250 g/mol. The first-order valence-electron chi connectivity index (χ1n) is 7.01. The van der Waals surface area contributed by atoms with Crippen LogP contribution >= 0.6 is 0 Å². The van der Waals surface area contributed by atoms with Gasteiger partial charge in [-0.05, 0) is 33.1 Å². The zero-order valence-electron chi connectivity index (χ0n) is 11.4. The molecule has 3 rings (SSSR count). The quantitative estimate of drug-likeness (QED) is 0.530. The third-order valence-corrected chi connectivity index (χ3v) is 5.39. The summed E-state index contributed by atoms with van der Waals surface area (Å²) in [6.07, 6.45) is 3.66. The van der Waals surface area contributed by atoms with E-state index in [2.05, 4.69) is 6.92 Å². The highest BCUT2D eigenvalue weighted by Crippen LogP contribution is 2.51. The lowest BCUT2D eigenvalue weighted by atomic mass is 9.79. The molecule has 0 aromatic heterocycles.